The van der Waals surface area contributed by atoms with E-state index in [1.807, 2.05) is 43.3 Å². The van der Waals surface area contributed by atoms with Gasteiger partial charge in [-0.3, -0.25) is 4.98 Å². The minimum Gasteiger partial charge on any atom is -0.487 e. The van der Waals surface area contributed by atoms with Crippen molar-refractivity contribution in [1.82, 2.24) is 4.98 Å². The van der Waals surface area contributed by atoms with Crippen molar-refractivity contribution in [2.75, 3.05) is 6.54 Å². The lowest BCUT2D eigenvalue weighted by Gasteiger charge is -2.11. The molecule has 1 aromatic heterocycles. The highest BCUT2D eigenvalue weighted by Gasteiger charge is 2.05. The highest BCUT2D eigenvalue weighted by molar-refractivity contribution is 6.30. The van der Waals surface area contributed by atoms with Gasteiger partial charge in [0.15, 0.2) is 0 Å². The number of halogens is 1. The summed E-state index contributed by atoms with van der Waals surface area (Å²) in [6.07, 6.45) is 0.720. The zero-order chi connectivity index (χ0) is 13.7. The molecule has 0 saturated heterocycles. The lowest BCUT2D eigenvalue weighted by atomic mass is 10.2. The van der Waals surface area contributed by atoms with Gasteiger partial charge >= 0.3 is 0 Å². The first-order chi connectivity index (χ1) is 9.19. The summed E-state index contributed by atoms with van der Waals surface area (Å²) >= 11 is 5.85. The van der Waals surface area contributed by atoms with Gasteiger partial charge in [0.1, 0.15) is 12.4 Å². The zero-order valence-electron chi connectivity index (χ0n) is 10.9. The van der Waals surface area contributed by atoms with Crippen molar-refractivity contribution in [2.45, 2.75) is 20.0 Å². The lowest BCUT2D eigenvalue weighted by Crippen LogP contribution is -2.08. The highest BCUT2D eigenvalue weighted by atomic mass is 35.5. The SMILES string of the molecule is Cc1ccc(OCc2ccc(Cl)cc2)c(CCN)n1. The van der Waals surface area contributed by atoms with Crippen LogP contribution in [-0.4, -0.2) is 11.5 Å². The molecule has 0 radical (unpaired) electrons. The summed E-state index contributed by atoms with van der Waals surface area (Å²) in [5.41, 5.74) is 8.55. The average Bonchev–Trinajstić information content (AvgIpc) is 2.40. The van der Waals surface area contributed by atoms with Gasteiger partial charge < -0.3 is 10.5 Å². The van der Waals surface area contributed by atoms with Gasteiger partial charge in [0.2, 0.25) is 0 Å². The molecule has 2 rings (SSSR count). The van der Waals surface area contributed by atoms with Crippen LogP contribution in [0.25, 0.3) is 0 Å². The average molecular weight is 277 g/mol. The van der Waals surface area contributed by atoms with Crippen LogP contribution in [0.1, 0.15) is 17.0 Å². The third-order valence-corrected chi connectivity index (χ3v) is 3.01. The molecule has 0 spiro atoms. The van der Waals surface area contributed by atoms with E-state index in [-0.39, 0.29) is 0 Å². The van der Waals surface area contributed by atoms with Gasteiger partial charge in [0.25, 0.3) is 0 Å². The molecule has 0 fully saturated rings. The third-order valence-electron chi connectivity index (χ3n) is 2.76. The Kier molecular flexibility index (Phi) is 4.77. The van der Waals surface area contributed by atoms with E-state index in [4.69, 9.17) is 22.1 Å². The molecule has 0 saturated carbocycles. The maximum atomic E-state index is 5.85. The molecule has 0 aliphatic carbocycles. The van der Waals surface area contributed by atoms with Crippen LogP contribution in [0.2, 0.25) is 5.02 Å². The Bertz CT molecular complexity index is 540. The molecule has 100 valence electrons. The Morgan fingerprint density at radius 1 is 1.16 bits per heavy atom. The van der Waals surface area contributed by atoms with Crippen LogP contribution in [-0.2, 0) is 13.0 Å². The molecular weight excluding hydrogens is 260 g/mol. The third kappa shape index (κ3) is 3.94. The molecule has 3 nitrogen and oxygen atoms in total. The van der Waals surface area contributed by atoms with Crippen LogP contribution in [0.15, 0.2) is 36.4 Å². The Balaban J connectivity index is 2.08. The van der Waals surface area contributed by atoms with Crippen molar-refractivity contribution in [1.29, 1.82) is 0 Å². The summed E-state index contributed by atoms with van der Waals surface area (Å²) in [7, 11) is 0. The van der Waals surface area contributed by atoms with Crippen molar-refractivity contribution in [3.8, 4) is 5.75 Å². The molecule has 2 N–H and O–H groups in total. The number of nitrogens with zero attached hydrogens (tertiary/aromatic N) is 1. The van der Waals surface area contributed by atoms with Gasteiger partial charge in [-0.1, -0.05) is 23.7 Å². The number of pyridine rings is 1. The molecule has 2 aromatic rings. The van der Waals surface area contributed by atoms with E-state index in [0.717, 1.165) is 34.1 Å². The van der Waals surface area contributed by atoms with E-state index in [2.05, 4.69) is 4.98 Å². The predicted octanol–water partition coefficient (Wildman–Crippen LogP) is 3.12. The molecule has 0 bridgehead atoms. The van der Waals surface area contributed by atoms with Crippen LogP contribution in [0, 0.1) is 6.92 Å². The molecule has 1 heterocycles. The van der Waals surface area contributed by atoms with Gasteiger partial charge in [-0.25, -0.2) is 0 Å². The maximum Gasteiger partial charge on any atom is 0.141 e. The zero-order valence-corrected chi connectivity index (χ0v) is 11.7. The van der Waals surface area contributed by atoms with Crippen molar-refractivity contribution >= 4 is 11.6 Å². The maximum absolute atomic E-state index is 5.85. The first-order valence-corrected chi connectivity index (χ1v) is 6.60. The van der Waals surface area contributed by atoms with Gasteiger partial charge in [-0.2, -0.15) is 0 Å². The van der Waals surface area contributed by atoms with Gasteiger partial charge in [0, 0.05) is 17.1 Å². The molecule has 0 unspecified atom stereocenters. The summed E-state index contributed by atoms with van der Waals surface area (Å²) in [6.45, 7) is 3.02. The highest BCUT2D eigenvalue weighted by Crippen LogP contribution is 2.19. The molecule has 4 heteroatoms. The second-order valence-corrected chi connectivity index (χ2v) is 4.79. The standard InChI is InChI=1S/C15H17ClN2O/c1-11-2-7-15(14(18-11)8-9-17)19-10-12-3-5-13(16)6-4-12/h2-7H,8-10,17H2,1H3. The quantitative estimate of drug-likeness (QED) is 0.913. The second-order valence-electron chi connectivity index (χ2n) is 4.35. The Labute approximate surface area is 118 Å². The summed E-state index contributed by atoms with van der Waals surface area (Å²) in [4.78, 5) is 4.46. The van der Waals surface area contributed by atoms with Crippen molar-refractivity contribution in [3.63, 3.8) is 0 Å². The Hall–Kier alpha value is -1.58. The minimum absolute atomic E-state index is 0.499. The van der Waals surface area contributed by atoms with E-state index in [1.165, 1.54) is 0 Å². The number of aromatic nitrogens is 1. The predicted molar refractivity (Wildman–Crippen MR) is 77.5 cm³/mol. The van der Waals surface area contributed by atoms with Gasteiger partial charge in [-0.05, 0) is 43.3 Å². The van der Waals surface area contributed by atoms with E-state index < -0.39 is 0 Å². The topological polar surface area (TPSA) is 48.1 Å². The normalized spacial score (nSPS) is 10.5. The van der Waals surface area contributed by atoms with E-state index in [1.54, 1.807) is 0 Å². The van der Waals surface area contributed by atoms with E-state index in [9.17, 15) is 0 Å². The number of ether oxygens (including phenoxy) is 1. The van der Waals surface area contributed by atoms with Crippen molar-refractivity contribution < 1.29 is 4.74 Å². The minimum atomic E-state index is 0.499. The number of nitrogens with two attached hydrogens (primary N) is 1. The smallest absolute Gasteiger partial charge is 0.141 e. The van der Waals surface area contributed by atoms with Crippen molar-refractivity contribution in [3.05, 3.63) is 58.4 Å². The summed E-state index contributed by atoms with van der Waals surface area (Å²) in [5, 5.41) is 0.726. The van der Waals surface area contributed by atoms with Crippen LogP contribution in [0.4, 0.5) is 0 Å². The molecule has 0 amide bonds. The molecule has 0 aliphatic rings. The fourth-order valence-electron chi connectivity index (χ4n) is 1.79. The largest absolute Gasteiger partial charge is 0.487 e. The van der Waals surface area contributed by atoms with Crippen LogP contribution in [0.3, 0.4) is 0 Å². The van der Waals surface area contributed by atoms with E-state index >= 15 is 0 Å². The number of rotatable bonds is 5. The first-order valence-electron chi connectivity index (χ1n) is 6.23. The molecule has 0 aliphatic heterocycles. The number of hydrogen-bond acceptors (Lipinski definition) is 3. The Morgan fingerprint density at radius 3 is 2.58 bits per heavy atom. The monoisotopic (exact) mass is 276 g/mol. The van der Waals surface area contributed by atoms with Crippen LogP contribution >= 0.6 is 11.6 Å². The van der Waals surface area contributed by atoms with Crippen molar-refractivity contribution in [2.24, 2.45) is 5.73 Å². The summed E-state index contributed by atoms with van der Waals surface area (Å²) in [5.74, 6) is 0.797. The molecule has 1 aromatic carbocycles. The van der Waals surface area contributed by atoms with Gasteiger partial charge in [0.05, 0.1) is 5.69 Å². The molecular formula is C15H17ClN2O. The second kappa shape index (κ2) is 6.55. The first kappa shape index (κ1) is 13.8. The Morgan fingerprint density at radius 2 is 1.89 bits per heavy atom. The molecule has 19 heavy (non-hydrogen) atoms. The summed E-state index contributed by atoms with van der Waals surface area (Å²) in [6, 6.07) is 11.5. The summed E-state index contributed by atoms with van der Waals surface area (Å²) < 4.78 is 5.81. The van der Waals surface area contributed by atoms with E-state index in [0.29, 0.717) is 13.2 Å². The molecule has 0 atom stereocenters. The van der Waals surface area contributed by atoms with Gasteiger partial charge in [-0.15, -0.1) is 0 Å². The van der Waals surface area contributed by atoms with Crippen LogP contribution in [0.5, 0.6) is 5.75 Å². The number of benzene rings is 1. The fourth-order valence-corrected chi connectivity index (χ4v) is 1.91. The lowest BCUT2D eigenvalue weighted by molar-refractivity contribution is 0.301. The number of hydrogen-bond donors (Lipinski definition) is 1. The fraction of sp³-hybridized carbons (Fsp3) is 0.267. The number of aryl methyl sites for hydroxylation is 1. The van der Waals surface area contributed by atoms with Crippen LogP contribution < -0.4 is 10.5 Å².